The molecule has 184 valence electrons. The van der Waals surface area contributed by atoms with E-state index in [2.05, 4.69) is 15.3 Å². The van der Waals surface area contributed by atoms with Crippen LogP contribution in [-0.2, 0) is 9.59 Å². The predicted molar refractivity (Wildman–Crippen MR) is 153 cm³/mol. The first kappa shape index (κ1) is 24.3. The van der Waals surface area contributed by atoms with Crippen LogP contribution >= 0.6 is 11.8 Å². The fourth-order valence-electron chi connectivity index (χ4n) is 3.89. The van der Waals surface area contributed by atoms with Crippen molar-refractivity contribution in [3.8, 4) is 0 Å². The number of anilines is 3. The summed E-state index contributed by atoms with van der Waals surface area (Å²) in [6.07, 6.45) is 3.41. The van der Waals surface area contributed by atoms with Crippen LogP contribution in [0.25, 0.3) is 17.0 Å². The van der Waals surface area contributed by atoms with Crippen LogP contribution in [-0.4, -0.2) is 41.8 Å². The van der Waals surface area contributed by atoms with Crippen molar-refractivity contribution >= 4 is 62.8 Å². The number of nitrogens with zero attached hydrogens (tertiary/aromatic N) is 4. The normalized spacial score (nSPS) is 14.2. The highest BCUT2D eigenvalue weighted by molar-refractivity contribution is 8.14. The van der Waals surface area contributed by atoms with Gasteiger partial charge in [0.1, 0.15) is 5.70 Å². The number of pyridine rings is 1. The summed E-state index contributed by atoms with van der Waals surface area (Å²) in [5.41, 5.74) is 4.45. The average Bonchev–Trinajstić information content (AvgIpc) is 3.22. The lowest BCUT2D eigenvalue weighted by Crippen LogP contribution is -2.31. The summed E-state index contributed by atoms with van der Waals surface area (Å²) in [7, 11) is 3.96. The first-order valence-electron chi connectivity index (χ1n) is 11.7. The van der Waals surface area contributed by atoms with E-state index in [1.165, 1.54) is 11.8 Å². The van der Waals surface area contributed by atoms with Crippen LogP contribution in [0.3, 0.4) is 0 Å². The number of hydrogen-bond acceptors (Lipinski definition) is 6. The molecule has 7 nitrogen and oxygen atoms in total. The minimum atomic E-state index is -0.232. The van der Waals surface area contributed by atoms with Gasteiger partial charge in [-0.2, -0.15) is 0 Å². The van der Waals surface area contributed by atoms with Crippen LogP contribution in [0.5, 0.6) is 0 Å². The molecule has 0 unspecified atom stereocenters. The van der Waals surface area contributed by atoms with E-state index in [0.29, 0.717) is 22.2 Å². The van der Waals surface area contributed by atoms with Gasteiger partial charge in [-0.05, 0) is 48.0 Å². The molecule has 0 fully saturated rings. The maximum atomic E-state index is 13.4. The molecule has 4 aromatic rings. The van der Waals surface area contributed by atoms with E-state index in [1.807, 2.05) is 104 Å². The molecule has 0 atom stereocenters. The second-order valence-electron chi connectivity index (χ2n) is 8.64. The number of nitrogens with one attached hydrogen (secondary N) is 1. The van der Waals surface area contributed by atoms with Crippen LogP contribution in [0.15, 0.2) is 102 Å². The van der Waals surface area contributed by atoms with Crippen LogP contribution < -0.4 is 15.1 Å². The highest BCUT2D eigenvalue weighted by Crippen LogP contribution is 2.29. The number of thioether (sulfide) groups is 1. The Morgan fingerprint density at radius 1 is 1.00 bits per heavy atom. The predicted octanol–water partition coefficient (Wildman–Crippen LogP) is 5.42. The lowest BCUT2D eigenvalue weighted by molar-refractivity contribution is -0.114. The number of aromatic nitrogens is 1. The molecule has 0 radical (unpaired) electrons. The number of fused-ring (bicyclic) bond motifs is 1. The lowest BCUT2D eigenvalue weighted by Gasteiger charge is -2.17. The van der Waals surface area contributed by atoms with Gasteiger partial charge in [0.2, 0.25) is 5.91 Å². The summed E-state index contributed by atoms with van der Waals surface area (Å²) in [5, 5.41) is 4.29. The molecular formula is C29H25N5O2S. The summed E-state index contributed by atoms with van der Waals surface area (Å²) < 4.78 is 0. The lowest BCUT2D eigenvalue weighted by atomic mass is 10.1. The quantitative estimate of drug-likeness (QED) is 0.353. The highest BCUT2D eigenvalue weighted by Gasteiger charge is 2.32. The van der Waals surface area contributed by atoms with Crippen molar-refractivity contribution in [2.45, 2.75) is 0 Å². The number of benzene rings is 3. The third-order valence-electron chi connectivity index (χ3n) is 5.76. The van der Waals surface area contributed by atoms with Crippen molar-refractivity contribution in [3.05, 3.63) is 102 Å². The number of carbonyl (C=O) groups is 2. The minimum absolute atomic E-state index is 0.0904. The maximum absolute atomic E-state index is 13.4. The molecule has 1 aliphatic rings. The molecule has 2 heterocycles. The molecule has 1 aromatic heterocycles. The molecule has 2 amide bonds. The van der Waals surface area contributed by atoms with Crippen molar-refractivity contribution in [1.82, 2.24) is 4.98 Å². The average molecular weight is 508 g/mol. The van der Waals surface area contributed by atoms with E-state index in [4.69, 9.17) is 0 Å². The molecule has 0 saturated heterocycles. The number of hydrogen-bond donors (Lipinski definition) is 1. The molecule has 1 aliphatic heterocycles. The Morgan fingerprint density at radius 2 is 1.73 bits per heavy atom. The Balaban J connectivity index is 1.35. The molecular weight excluding hydrogens is 482 g/mol. The van der Waals surface area contributed by atoms with Gasteiger partial charge in [-0.15, -0.1) is 0 Å². The van der Waals surface area contributed by atoms with Gasteiger partial charge in [0.05, 0.1) is 28.8 Å². The molecule has 8 heteroatoms. The van der Waals surface area contributed by atoms with E-state index in [9.17, 15) is 9.59 Å². The smallest absolute Gasteiger partial charge is 0.283 e. The number of para-hydroxylation sites is 2. The minimum Gasteiger partial charge on any atom is -0.378 e. The van der Waals surface area contributed by atoms with Gasteiger partial charge >= 0.3 is 0 Å². The number of rotatable bonds is 6. The van der Waals surface area contributed by atoms with Gasteiger partial charge < -0.3 is 10.2 Å². The number of amides is 2. The van der Waals surface area contributed by atoms with E-state index in [0.717, 1.165) is 22.2 Å². The fraction of sp³-hybridized carbons (Fsp3) is 0.103. The summed E-state index contributed by atoms with van der Waals surface area (Å²) in [5.74, 6) is -0.348. The zero-order valence-corrected chi connectivity index (χ0v) is 21.3. The Hall–Kier alpha value is -4.43. The Kier molecular flexibility index (Phi) is 7.00. The molecule has 3 aromatic carbocycles. The van der Waals surface area contributed by atoms with Gasteiger partial charge in [-0.25, -0.2) is 4.99 Å². The van der Waals surface area contributed by atoms with Crippen LogP contribution in [0.1, 0.15) is 5.56 Å². The van der Waals surface area contributed by atoms with E-state index < -0.39 is 0 Å². The van der Waals surface area contributed by atoms with Gasteiger partial charge in [0.15, 0.2) is 5.17 Å². The first-order valence-corrected chi connectivity index (χ1v) is 12.7. The Morgan fingerprint density at radius 3 is 2.49 bits per heavy atom. The molecule has 0 aliphatic carbocycles. The van der Waals surface area contributed by atoms with E-state index in [1.54, 1.807) is 17.2 Å². The van der Waals surface area contributed by atoms with E-state index in [-0.39, 0.29) is 17.6 Å². The largest absolute Gasteiger partial charge is 0.378 e. The van der Waals surface area contributed by atoms with Gasteiger partial charge in [-0.3, -0.25) is 19.5 Å². The molecule has 37 heavy (non-hydrogen) atoms. The summed E-state index contributed by atoms with van der Waals surface area (Å²) in [4.78, 5) is 38.7. The SMILES string of the molecule is CN(C)c1ccc(/C=C2/N=C(SCC(=O)Nc3cnc4ccccc4c3)N(c3ccccc3)C2=O)cc1. The third kappa shape index (κ3) is 5.54. The standard InChI is InChI=1S/C29H25N5O2S/c1-33(2)23-14-12-20(13-15-23)16-26-28(36)34(24-9-4-3-5-10-24)29(32-26)37-19-27(35)31-22-17-21-8-6-7-11-25(21)30-18-22/h3-18H,19H2,1-2H3,(H,31,35)/b26-16+. The molecule has 5 rings (SSSR count). The summed E-state index contributed by atoms with van der Waals surface area (Å²) >= 11 is 1.22. The second-order valence-corrected chi connectivity index (χ2v) is 9.58. The van der Waals surface area contributed by atoms with Crippen molar-refractivity contribution < 1.29 is 9.59 Å². The number of amidine groups is 1. The van der Waals surface area contributed by atoms with Gasteiger partial charge in [0, 0.05) is 25.2 Å². The molecule has 0 saturated carbocycles. The van der Waals surface area contributed by atoms with Crippen molar-refractivity contribution in [3.63, 3.8) is 0 Å². The second kappa shape index (κ2) is 10.7. The Bertz CT molecular complexity index is 1510. The topological polar surface area (TPSA) is 77.9 Å². The zero-order valence-electron chi connectivity index (χ0n) is 20.5. The first-order chi connectivity index (χ1) is 18.0. The molecule has 0 spiro atoms. The van der Waals surface area contributed by atoms with E-state index >= 15 is 0 Å². The van der Waals surface area contributed by atoms with Crippen molar-refractivity contribution in [1.29, 1.82) is 0 Å². The monoisotopic (exact) mass is 507 g/mol. The fourth-order valence-corrected chi connectivity index (χ4v) is 4.70. The summed E-state index contributed by atoms with van der Waals surface area (Å²) in [6, 6.07) is 26.8. The van der Waals surface area contributed by atoms with Gasteiger partial charge in [0.25, 0.3) is 5.91 Å². The van der Waals surface area contributed by atoms with Crippen molar-refractivity contribution in [2.75, 3.05) is 35.0 Å². The maximum Gasteiger partial charge on any atom is 0.283 e. The van der Waals surface area contributed by atoms with Gasteiger partial charge in [-0.1, -0.05) is 60.3 Å². The molecule has 1 N–H and O–H groups in total. The van der Waals surface area contributed by atoms with Crippen molar-refractivity contribution in [2.24, 2.45) is 4.99 Å². The number of aliphatic imine (C=N–C) groups is 1. The summed E-state index contributed by atoms with van der Waals surface area (Å²) in [6.45, 7) is 0. The number of carbonyl (C=O) groups excluding carboxylic acids is 2. The van der Waals surface area contributed by atoms with Crippen LogP contribution in [0, 0.1) is 0 Å². The highest BCUT2D eigenvalue weighted by atomic mass is 32.2. The van der Waals surface area contributed by atoms with Crippen LogP contribution in [0.4, 0.5) is 17.1 Å². The third-order valence-corrected chi connectivity index (χ3v) is 6.70. The molecule has 0 bridgehead atoms. The zero-order chi connectivity index (χ0) is 25.8. The Labute approximate surface area is 219 Å². The van der Waals surface area contributed by atoms with Crippen LogP contribution in [0.2, 0.25) is 0 Å².